The number of carboxylic acid groups (broad SMARTS) is 1. The van der Waals surface area contributed by atoms with E-state index < -0.39 is 18.1 Å². The lowest BCUT2D eigenvalue weighted by atomic mass is 10.1. The highest BCUT2D eigenvalue weighted by Gasteiger charge is 2.22. The summed E-state index contributed by atoms with van der Waals surface area (Å²) in [5.74, 6) is -1.17. The van der Waals surface area contributed by atoms with Gasteiger partial charge in [0, 0.05) is 4.91 Å². The second-order valence-electron chi connectivity index (χ2n) is 2.57. The van der Waals surface area contributed by atoms with Gasteiger partial charge >= 0.3 is 5.97 Å². The molecule has 0 fully saturated rings. The molecule has 0 amide bonds. The van der Waals surface area contributed by atoms with E-state index in [9.17, 15) is 4.79 Å². The molecular formula is C6H13N5O2. The monoisotopic (exact) mass is 187 g/mol. The molecule has 1 unspecified atom stereocenters. The van der Waals surface area contributed by atoms with Gasteiger partial charge in [0.1, 0.15) is 6.04 Å². The van der Waals surface area contributed by atoms with Crippen LogP contribution in [0.5, 0.6) is 0 Å². The second-order valence-corrected chi connectivity index (χ2v) is 2.57. The number of azide groups is 1. The largest absolute Gasteiger partial charge is 0.480 e. The number of carbonyl (C=O) groups is 1. The Morgan fingerprint density at radius 2 is 2.31 bits per heavy atom. The predicted octanol–water partition coefficient (Wildman–Crippen LogP) is -0.184. The van der Waals surface area contributed by atoms with Gasteiger partial charge in [0.2, 0.25) is 0 Å². The van der Waals surface area contributed by atoms with Crippen LogP contribution in [-0.4, -0.2) is 29.7 Å². The van der Waals surface area contributed by atoms with Crippen LogP contribution in [0.3, 0.4) is 0 Å². The molecule has 0 aromatic rings. The summed E-state index contributed by atoms with van der Waals surface area (Å²) in [7, 11) is 0. The Hall–Kier alpha value is -1.30. The molecule has 0 heterocycles. The highest BCUT2D eigenvalue weighted by atomic mass is 16.4. The molecule has 7 heteroatoms. The third-order valence-corrected chi connectivity index (χ3v) is 1.60. The Labute approximate surface area is 75.3 Å². The summed E-state index contributed by atoms with van der Waals surface area (Å²) in [6.45, 7) is 0.420. The van der Waals surface area contributed by atoms with Crippen molar-refractivity contribution in [2.45, 2.75) is 24.9 Å². The van der Waals surface area contributed by atoms with Gasteiger partial charge in [-0.15, -0.1) is 0 Å². The molecule has 0 aliphatic carbocycles. The van der Waals surface area contributed by atoms with E-state index in [1.54, 1.807) is 0 Å². The first-order chi connectivity index (χ1) is 6.13. The predicted molar refractivity (Wildman–Crippen MR) is 46.8 cm³/mol. The molecule has 0 spiro atoms. The Balaban J connectivity index is 4.22. The standard InChI is InChI=1S/C6H13N5O2/c7-3-1-2-4(10-11-9)5(8)6(12)13/h4-5H,1-3,7-8H2,(H,12,13)/t4?,5-/m1/s1. The molecular weight excluding hydrogens is 174 g/mol. The summed E-state index contributed by atoms with van der Waals surface area (Å²) in [5.41, 5.74) is 18.7. The molecule has 0 bridgehead atoms. The lowest BCUT2D eigenvalue weighted by Gasteiger charge is -2.14. The fourth-order valence-corrected chi connectivity index (χ4v) is 0.867. The smallest absolute Gasteiger partial charge is 0.320 e. The summed E-state index contributed by atoms with van der Waals surface area (Å²) in [6, 6.07) is -1.87. The quantitative estimate of drug-likeness (QED) is 0.301. The molecule has 0 aromatic heterocycles. The van der Waals surface area contributed by atoms with Gasteiger partial charge in [-0.25, -0.2) is 0 Å². The number of hydrogen-bond donors (Lipinski definition) is 3. The Bertz CT molecular complexity index is 213. The minimum Gasteiger partial charge on any atom is -0.480 e. The summed E-state index contributed by atoms with van der Waals surface area (Å²) in [5, 5.41) is 11.8. The van der Waals surface area contributed by atoms with Crippen LogP contribution in [0.4, 0.5) is 0 Å². The van der Waals surface area contributed by atoms with E-state index in [-0.39, 0.29) is 0 Å². The zero-order valence-corrected chi connectivity index (χ0v) is 7.13. The van der Waals surface area contributed by atoms with Gasteiger partial charge in [-0.2, -0.15) is 0 Å². The minimum atomic E-state index is -1.17. The fourth-order valence-electron chi connectivity index (χ4n) is 0.867. The van der Waals surface area contributed by atoms with Crippen molar-refractivity contribution in [1.29, 1.82) is 0 Å². The zero-order chi connectivity index (χ0) is 10.3. The molecule has 0 aromatic carbocycles. The topological polar surface area (TPSA) is 138 Å². The van der Waals surface area contributed by atoms with Gasteiger partial charge in [0.25, 0.3) is 0 Å². The van der Waals surface area contributed by atoms with Crippen molar-refractivity contribution in [3.63, 3.8) is 0 Å². The summed E-state index contributed by atoms with van der Waals surface area (Å²) in [4.78, 5) is 13.0. The number of aliphatic carboxylic acids is 1. The van der Waals surface area contributed by atoms with Crippen LogP contribution >= 0.6 is 0 Å². The molecule has 0 saturated carbocycles. The van der Waals surface area contributed by atoms with E-state index in [0.717, 1.165) is 0 Å². The van der Waals surface area contributed by atoms with Crippen molar-refractivity contribution in [2.75, 3.05) is 6.54 Å². The molecule has 74 valence electrons. The second kappa shape index (κ2) is 6.24. The van der Waals surface area contributed by atoms with Gasteiger partial charge in [-0.1, -0.05) is 5.11 Å². The van der Waals surface area contributed by atoms with Crippen molar-refractivity contribution >= 4 is 5.97 Å². The molecule has 0 saturated heterocycles. The van der Waals surface area contributed by atoms with Gasteiger partial charge in [0.15, 0.2) is 0 Å². The van der Waals surface area contributed by atoms with Crippen molar-refractivity contribution in [2.24, 2.45) is 16.6 Å². The number of hydrogen-bond acceptors (Lipinski definition) is 4. The molecule has 2 atom stereocenters. The average molecular weight is 187 g/mol. The lowest BCUT2D eigenvalue weighted by molar-refractivity contribution is -0.139. The number of carboxylic acids is 1. The molecule has 13 heavy (non-hydrogen) atoms. The lowest BCUT2D eigenvalue weighted by Crippen LogP contribution is -2.40. The van der Waals surface area contributed by atoms with Crippen LogP contribution in [0, 0.1) is 0 Å². The summed E-state index contributed by atoms with van der Waals surface area (Å²) in [6.07, 6.45) is 0.985. The van der Waals surface area contributed by atoms with Crippen molar-refractivity contribution in [3.05, 3.63) is 10.4 Å². The van der Waals surface area contributed by atoms with E-state index in [1.165, 1.54) is 0 Å². The maximum Gasteiger partial charge on any atom is 0.320 e. The molecule has 0 radical (unpaired) electrons. The molecule has 0 rings (SSSR count). The van der Waals surface area contributed by atoms with E-state index in [0.29, 0.717) is 19.4 Å². The number of rotatable bonds is 6. The Morgan fingerprint density at radius 1 is 1.69 bits per heavy atom. The van der Waals surface area contributed by atoms with Gasteiger partial charge in [-0.3, -0.25) is 4.79 Å². The minimum absolute atomic E-state index is 0.397. The van der Waals surface area contributed by atoms with Crippen LogP contribution < -0.4 is 11.5 Å². The van der Waals surface area contributed by atoms with E-state index in [2.05, 4.69) is 10.0 Å². The molecule has 0 aliphatic rings. The Kier molecular flexibility index (Phi) is 5.62. The number of nitrogens with two attached hydrogens (primary N) is 2. The first-order valence-corrected chi connectivity index (χ1v) is 3.86. The first-order valence-electron chi connectivity index (χ1n) is 3.86. The zero-order valence-electron chi connectivity index (χ0n) is 7.13. The van der Waals surface area contributed by atoms with Crippen LogP contribution in [0.15, 0.2) is 5.11 Å². The van der Waals surface area contributed by atoms with Gasteiger partial charge in [-0.05, 0) is 24.9 Å². The van der Waals surface area contributed by atoms with Gasteiger partial charge in [0.05, 0.1) is 6.04 Å². The SMILES string of the molecule is [N-]=[N+]=NC(CCCN)[C@@H](N)C(=O)O. The molecule has 7 nitrogen and oxygen atoms in total. The van der Waals surface area contributed by atoms with Crippen molar-refractivity contribution < 1.29 is 9.90 Å². The number of nitrogens with zero attached hydrogens (tertiary/aromatic N) is 3. The maximum atomic E-state index is 10.4. The van der Waals surface area contributed by atoms with Crippen LogP contribution in [0.25, 0.3) is 10.4 Å². The maximum absolute atomic E-state index is 10.4. The Morgan fingerprint density at radius 3 is 2.69 bits per heavy atom. The summed E-state index contributed by atoms with van der Waals surface area (Å²) < 4.78 is 0. The highest BCUT2D eigenvalue weighted by Crippen LogP contribution is 2.05. The van der Waals surface area contributed by atoms with Crippen LogP contribution in [0.2, 0.25) is 0 Å². The van der Waals surface area contributed by atoms with Crippen LogP contribution in [-0.2, 0) is 4.79 Å². The van der Waals surface area contributed by atoms with Crippen molar-refractivity contribution in [3.8, 4) is 0 Å². The van der Waals surface area contributed by atoms with Crippen molar-refractivity contribution in [1.82, 2.24) is 0 Å². The molecule has 5 N–H and O–H groups in total. The summed E-state index contributed by atoms with van der Waals surface area (Å²) >= 11 is 0. The average Bonchev–Trinajstić information content (AvgIpc) is 2.11. The molecule has 0 aliphatic heterocycles. The van der Waals surface area contributed by atoms with Crippen LogP contribution in [0.1, 0.15) is 12.8 Å². The first kappa shape index (κ1) is 11.7. The van der Waals surface area contributed by atoms with E-state index in [1.807, 2.05) is 0 Å². The van der Waals surface area contributed by atoms with Gasteiger partial charge < -0.3 is 16.6 Å². The third-order valence-electron chi connectivity index (χ3n) is 1.60. The highest BCUT2D eigenvalue weighted by molar-refractivity contribution is 5.74. The van der Waals surface area contributed by atoms with E-state index in [4.69, 9.17) is 22.1 Å². The normalized spacial score (nSPS) is 14.3. The fraction of sp³-hybridized carbons (Fsp3) is 0.833. The van der Waals surface area contributed by atoms with E-state index >= 15 is 0 Å². The third kappa shape index (κ3) is 4.32.